The van der Waals surface area contributed by atoms with E-state index in [-0.39, 0.29) is 11.7 Å². The lowest BCUT2D eigenvalue weighted by Gasteiger charge is -2.05. The van der Waals surface area contributed by atoms with Gasteiger partial charge in [-0.2, -0.15) is 5.10 Å². The maximum atomic E-state index is 13.0. The highest BCUT2D eigenvalue weighted by Crippen LogP contribution is 2.27. The van der Waals surface area contributed by atoms with E-state index in [0.29, 0.717) is 24.3 Å². The van der Waals surface area contributed by atoms with Gasteiger partial charge in [0, 0.05) is 12.7 Å². The van der Waals surface area contributed by atoms with E-state index in [1.807, 2.05) is 47.8 Å². The van der Waals surface area contributed by atoms with Gasteiger partial charge in [0.25, 0.3) is 5.91 Å². The van der Waals surface area contributed by atoms with Crippen LogP contribution in [-0.2, 0) is 13.1 Å². The molecule has 2 aromatic carbocycles. The van der Waals surface area contributed by atoms with Crippen LogP contribution in [0, 0.1) is 5.82 Å². The number of nitrogens with zero attached hydrogens (tertiary/aromatic N) is 2. The highest BCUT2D eigenvalue weighted by atomic mass is 32.1. The second kappa shape index (κ2) is 8.19. The van der Waals surface area contributed by atoms with Gasteiger partial charge in [-0.3, -0.25) is 9.48 Å². The fraction of sp³-hybridized carbons (Fsp3) is 0.0909. The van der Waals surface area contributed by atoms with Crippen LogP contribution in [0.3, 0.4) is 0 Å². The van der Waals surface area contributed by atoms with Gasteiger partial charge in [-0.15, -0.1) is 11.3 Å². The molecule has 0 saturated heterocycles. The Morgan fingerprint density at radius 1 is 1.00 bits per heavy atom. The van der Waals surface area contributed by atoms with Gasteiger partial charge in [-0.25, -0.2) is 4.39 Å². The fourth-order valence-electron chi connectivity index (χ4n) is 2.91. The van der Waals surface area contributed by atoms with E-state index < -0.39 is 0 Å². The van der Waals surface area contributed by atoms with E-state index in [0.717, 1.165) is 16.0 Å². The maximum absolute atomic E-state index is 13.0. The van der Waals surface area contributed by atoms with Crippen molar-refractivity contribution in [1.29, 1.82) is 0 Å². The number of rotatable bonds is 6. The van der Waals surface area contributed by atoms with Gasteiger partial charge >= 0.3 is 0 Å². The van der Waals surface area contributed by atoms with Crippen molar-refractivity contribution in [2.24, 2.45) is 0 Å². The molecule has 140 valence electrons. The van der Waals surface area contributed by atoms with Crippen LogP contribution in [0.25, 0.3) is 10.6 Å². The Bertz CT molecular complexity index is 1060. The van der Waals surface area contributed by atoms with Crippen LogP contribution in [0.2, 0.25) is 0 Å². The molecular weight excluding hydrogens is 373 g/mol. The zero-order chi connectivity index (χ0) is 19.3. The van der Waals surface area contributed by atoms with Crippen LogP contribution in [0.1, 0.15) is 21.5 Å². The topological polar surface area (TPSA) is 46.9 Å². The Balaban J connectivity index is 1.57. The third kappa shape index (κ3) is 4.18. The maximum Gasteiger partial charge on any atom is 0.255 e. The monoisotopic (exact) mass is 391 g/mol. The van der Waals surface area contributed by atoms with Crippen LogP contribution in [0.15, 0.2) is 78.3 Å². The number of benzene rings is 2. The Morgan fingerprint density at radius 2 is 1.79 bits per heavy atom. The molecule has 0 spiro atoms. The second-order valence-corrected chi connectivity index (χ2v) is 7.31. The number of halogens is 1. The molecule has 28 heavy (non-hydrogen) atoms. The average molecular weight is 391 g/mol. The van der Waals surface area contributed by atoms with E-state index in [2.05, 4.69) is 10.4 Å². The van der Waals surface area contributed by atoms with Crippen molar-refractivity contribution >= 4 is 17.2 Å². The minimum atomic E-state index is -0.294. The summed E-state index contributed by atoms with van der Waals surface area (Å²) in [5.41, 5.74) is 3.15. The number of carbonyl (C=O) groups excluding carboxylic acids is 1. The van der Waals surface area contributed by atoms with Crippen molar-refractivity contribution in [3.63, 3.8) is 0 Å². The van der Waals surface area contributed by atoms with Crippen molar-refractivity contribution < 1.29 is 9.18 Å². The lowest BCUT2D eigenvalue weighted by molar-refractivity contribution is 0.0951. The summed E-state index contributed by atoms with van der Waals surface area (Å²) in [7, 11) is 0. The van der Waals surface area contributed by atoms with Gasteiger partial charge in [0.15, 0.2) is 0 Å². The first-order valence-electron chi connectivity index (χ1n) is 8.87. The van der Waals surface area contributed by atoms with Crippen LogP contribution in [0.4, 0.5) is 4.39 Å². The lowest BCUT2D eigenvalue weighted by Crippen LogP contribution is -2.23. The Morgan fingerprint density at radius 3 is 2.50 bits per heavy atom. The predicted molar refractivity (Wildman–Crippen MR) is 109 cm³/mol. The van der Waals surface area contributed by atoms with Crippen molar-refractivity contribution in [1.82, 2.24) is 15.1 Å². The molecule has 0 radical (unpaired) electrons. The molecule has 0 aliphatic rings. The van der Waals surface area contributed by atoms with E-state index in [9.17, 15) is 9.18 Å². The van der Waals surface area contributed by atoms with Crippen molar-refractivity contribution in [3.05, 3.63) is 101 Å². The molecule has 0 aliphatic carbocycles. The third-order valence-electron chi connectivity index (χ3n) is 4.31. The Hall–Kier alpha value is -3.25. The molecule has 2 aromatic heterocycles. The summed E-state index contributed by atoms with van der Waals surface area (Å²) < 4.78 is 14.8. The van der Waals surface area contributed by atoms with Gasteiger partial charge in [0.05, 0.1) is 17.0 Å². The van der Waals surface area contributed by atoms with Crippen LogP contribution in [0.5, 0.6) is 0 Å². The molecule has 0 atom stereocenters. The molecule has 4 nitrogen and oxygen atoms in total. The summed E-state index contributed by atoms with van der Waals surface area (Å²) >= 11 is 1.55. The van der Waals surface area contributed by atoms with E-state index in [4.69, 9.17) is 0 Å². The first kappa shape index (κ1) is 18.1. The number of aromatic nitrogens is 2. The minimum Gasteiger partial charge on any atom is -0.348 e. The first-order valence-corrected chi connectivity index (χ1v) is 9.75. The minimum absolute atomic E-state index is 0.202. The van der Waals surface area contributed by atoms with Gasteiger partial charge in [-0.05, 0) is 34.7 Å². The van der Waals surface area contributed by atoms with Crippen LogP contribution < -0.4 is 5.32 Å². The Kier molecular flexibility index (Phi) is 5.30. The summed E-state index contributed by atoms with van der Waals surface area (Å²) in [5, 5.41) is 9.52. The van der Waals surface area contributed by atoms with Gasteiger partial charge in [0.1, 0.15) is 11.5 Å². The standard InChI is InChI=1S/C22H18FN3OS/c23-18-10-8-16(9-11-18)13-24-22(27)19-15-26(14-17-5-2-1-3-6-17)25-21(19)20-7-4-12-28-20/h1-12,15H,13-14H2,(H,24,27). The van der Waals surface area contributed by atoms with Crippen molar-refractivity contribution in [2.75, 3.05) is 0 Å². The predicted octanol–water partition coefficient (Wildman–Crippen LogP) is 4.73. The number of thiophene rings is 1. The van der Waals surface area contributed by atoms with Gasteiger partial charge < -0.3 is 5.32 Å². The molecule has 4 rings (SSSR count). The normalized spacial score (nSPS) is 10.8. The molecule has 4 aromatic rings. The molecule has 0 aliphatic heterocycles. The molecule has 0 unspecified atom stereocenters. The van der Waals surface area contributed by atoms with E-state index >= 15 is 0 Å². The highest BCUT2D eigenvalue weighted by Gasteiger charge is 2.18. The largest absolute Gasteiger partial charge is 0.348 e. The summed E-state index contributed by atoms with van der Waals surface area (Å²) in [5.74, 6) is -0.496. The smallest absolute Gasteiger partial charge is 0.255 e. The fourth-order valence-corrected chi connectivity index (χ4v) is 3.64. The van der Waals surface area contributed by atoms with Gasteiger partial charge in [0.2, 0.25) is 0 Å². The summed E-state index contributed by atoms with van der Waals surface area (Å²) in [6.07, 6.45) is 1.78. The summed E-state index contributed by atoms with van der Waals surface area (Å²) in [6.45, 7) is 0.914. The highest BCUT2D eigenvalue weighted by molar-refractivity contribution is 7.13. The molecule has 0 fully saturated rings. The zero-order valence-corrected chi connectivity index (χ0v) is 15.8. The average Bonchev–Trinajstić information content (AvgIpc) is 3.38. The van der Waals surface area contributed by atoms with Crippen LogP contribution in [-0.4, -0.2) is 15.7 Å². The second-order valence-electron chi connectivity index (χ2n) is 6.36. The third-order valence-corrected chi connectivity index (χ3v) is 5.19. The zero-order valence-electron chi connectivity index (χ0n) is 15.0. The van der Waals surface area contributed by atoms with E-state index in [1.54, 1.807) is 34.3 Å². The number of amides is 1. The van der Waals surface area contributed by atoms with Crippen LogP contribution >= 0.6 is 11.3 Å². The number of hydrogen-bond acceptors (Lipinski definition) is 3. The Labute approximate surface area is 166 Å². The van der Waals surface area contributed by atoms with Crippen molar-refractivity contribution in [3.8, 4) is 10.6 Å². The molecule has 0 bridgehead atoms. The summed E-state index contributed by atoms with van der Waals surface area (Å²) in [4.78, 5) is 13.8. The number of carbonyl (C=O) groups is 1. The molecule has 1 amide bonds. The molecule has 2 heterocycles. The number of hydrogen-bond donors (Lipinski definition) is 1. The molecule has 1 N–H and O–H groups in total. The van der Waals surface area contributed by atoms with Gasteiger partial charge in [-0.1, -0.05) is 48.5 Å². The quantitative estimate of drug-likeness (QED) is 0.517. The molecule has 6 heteroatoms. The SMILES string of the molecule is O=C(NCc1ccc(F)cc1)c1cn(Cc2ccccc2)nc1-c1cccs1. The molecule has 0 saturated carbocycles. The van der Waals surface area contributed by atoms with E-state index in [1.165, 1.54) is 12.1 Å². The number of nitrogens with one attached hydrogen (secondary N) is 1. The lowest BCUT2D eigenvalue weighted by atomic mass is 10.2. The molecular formula is C22H18FN3OS. The van der Waals surface area contributed by atoms with Crippen molar-refractivity contribution in [2.45, 2.75) is 13.1 Å². The first-order chi connectivity index (χ1) is 13.7. The summed E-state index contributed by atoms with van der Waals surface area (Å²) in [6, 6.07) is 20.0.